The lowest BCUT2D eigenvalue weighted by Crippen LogP contribution is -2.34. The Morgan fingerprint density at radius 3 is 2.53 bits per heavy atom. The van der Waals surface area contributed by atoms with Crippen molar-refractivity contribution in [3.63, 3.8) is 0 Å². The van der Waals surface area contributed by atoms with Crippen molar-refractivity contribution >= 4 is 33.5 Å². The number of carbonyl (C=O) groups is 1. The molecule has 0 atom stereocenters. The molecule has 0 spiro atoms. The van der Waals surface area contributed by atoms with E-state index in [0.717, 1.165) is 29.7 Å². The van der Waals surface area contributed by atoms with Gasteiger partial charge in [0.15, 0.2) is 5.78 Å². The lowest BCUT2D eigenvalue weighted by molar-refractivity contribution is 0.0966. The van der Waals surface area contributed by atoms with E-state index < -0.39 is 0 Å². The summed E-state index contributed by atoms with van der Waals surface area (Å²) in [6, 6.07) is 7.62. The van der Waals surface area contributed by atoms with Crippen molar-refractivity contribution in [3.05, 3.63) is 34.3 Å². The summed E-state index contributed by atoms with van der Waals surface area (Å²) in [5.74, 6) is 2.65. The van der Waals surface area contributed by atoms with Crippen molar-refractivity contribution in [3.8, 4) is 0 Å². The highest BCUT2D eigenvalue weighted by atomic mass is 79.9. The number of thioether (sulfide) groups is 1. The molecule has 2 nitrogen and oxygen atoms in total. The highest BCUT2D eigenvalue weighted by Crippen LogP contribution is 2.13. The molecule has 1 aliphatic heterocycles. The number of rotatable bonds is 4. The average molecular weight is 314 g/mol. The fraction of sp³-hybridized carbons (Fsp3) is 0.462. The average Bonchev–Trinajstić information content (AvgIpc) is 2.38. The van der Waals surface area contributed by atoms with Gasteiger partial charge in [0, 0.05) is 47.6 Å². The minimum absolute atomic E-state index is 0.246. The molecule has 1 fully saturated rings. The number of halogens is 1. The van der Waals surface area contributed by atoms with Crippen molar-refractivity contribution in [1.29, 1.82) is 0 Å². The summed E-state index contributed by atoms with van der Waals surface area (Å²) in [6.45, 7) is 3.14. The summed E-state index contributed by atoms with van der Waals surface area (Å²) in [5.41, 5.74) is 0.819. The number of nitrogens with zero attached hydrogens (tertiary/aromatic N) is 1. The standard InChI is InChI=1S/C13H16BrNOS/c14-12-3-1-11(2-4-12)13(16)5-6-15-7-9-17-10-8-15/h1-4H,5-10H2. The quantitative estimate of drug-likeness (QED) is 0.797. The first-order chi connectivity index (χ1) is 8.25. The molecular weight excluding hydrogens is 298 g/mol. The zero-order valence-corrected chi connectivity index (χ0v) is 12.1. The van der Waals surface area contributed by atoms with Crippen molar-refractivity contribution in [2.24, 2.45) is 0 Å². The summed E-state index contributed by atoms with van der Waals surface area (Å²) < 4.78 is 1.02. The normalized spacial score (nSPS) is 17.0. The van der Waals surface area contributed by atoms with Crippen LogP contribution in [0.1, 0.15) is 16.8 Å². The minimum atomic E-state index is 0.246. The maximum Gasteiger partial charge on any atom is 0.164 e. The third kappa shape index (κ3) is 4.12. The van der Waals surface area contributed by atoms with E-state index in [1.54, 1.807) is 0 Å². The molecule has 0 saturated carbocycles. The van der Waals surface area contributed by atoms with Gasteiger partial charge in [-0.05, 0) is 12.1 Å². The highest BCUT2D eigenvalue weighted by Gasteiger charge is 2.12. The third-order valence-corrected chi connectivity index (χ3v) is 4.40. The van der Waals surface area contributed by atoms with E-state index >= 15 is 0 Å². The van der Waals surface area contributed by atoms with E-state index in [1.165, 1.54) is 11.5 Å². The summed E-state index contributed by atoms with van der Waals surface area (Å²) in [7, 11) is 0. The second-order valence-electron chi connectivity index (χ2n) is 4.13. The Bertz CT molecular complexity index is 374. The molecule has 1 aliphatic rings. The molecule has 1 saturated heterocycles. The largest absolute Gasteiger partial charge is 0.301 e. The Kier molecular flexibility index (Phi) is 5.07. The van der Waals surface area contributed by atoms with Crippen LogP contribution in [-0.4, -0.2) is 41.8 Å². The van der Waals surface area contributed by atoms with Crippen molar-refractivity contribution in [1.82, 2.24) is 4.90 Å². The number of benzene rings is 1. The number of Topliss-reactive ketones (excluding diaryl/α,β-unsaturated/α-hetero) is 1. The Morgan fingerprint density at radius 1 is 1.24 bits per heavy atom. The molecule has 0 unspecified atom stereocenters. The predicted octanol–water partition coefficient (Wildman–Crippen LogP) is 3.07. The predicted molar refractivity (Wildman–Crippen MR) is 76.9 cm³/mol. The van der Waals surface area contributed by atoms with Crippen LogP contribution in [-0.2, 0) is 0 Å². The first kappa shape index (κ1) is 13.1. The van der Waals surface area contributed by atoms with Gasteiger partial charge in [-0.2, -0.15) is 11.8 Å². The maximum absolute atomic E-state index is 12.0. The molecule has 1 aromatic carbocycles. The molecule has 0 amide bonds. The topological polar surface area (TPSA) is 20.3 Å². The van der Waals surface area contributed by atoms with Gasteiger partial charge in [-0.25, -0.2) is 0 Å². The van der Waals surface area contributed by atoms with Gasteiger partial charge in [0.2, 0.25) is 0 Å². The van der Waals surface area contributed by atoms with Crippen LogP contribution in [0.2, 0.25) is 0 Å². The van der Waals surface area contributed by atoms with E-state index in [1.807, 2.05) is 36.0 Å². The zero-order valence-electron chi connectivity index (χ0n) is 9.69. The van der Waals surface area contributed by atoms with E-state index in [-0.39, 0.29) is 5.78 Å². The second kappa shape index (κ2) is 6.57. The maximum atomic E-state index is 12.0. The van der Waals surface area contributed by atoms with Crippen molar-refractivity contribution < 1.29 is 4.79 Å². The second-order valence-corrected chi connectivity index (χ2v) is 6.27. The lowest BCUT2D eigenvalue weighted by Gasteiger charge is -2.25. The van der Waals surface area contributed by atoms with Gasteiger partial charge < -0.3 is 4.90 Å². The molecule has 1 aromatic rings. The molecule has 0 N–H and O–H groups in total. The van der Waals surface area contributed by atoms with E-state index in [9.17, 15) is 4.79 Å². The molecule has 0 aliphatic carbocycles. The van der Waals surface area contributed by atoms with Gasteiger partial charge in [-0.1, -0.05) is 28.1 Å². The molecule has 2 rings (SSSR count). The smallest absolute Gasteiger partial charge is 0.164 e. The third-order valence-electron chi connectivity index (χ3n) is 2.92. The summed E-state index contributed by atoms with van der Waals surface area (Å²) in [5, 5.41) is 0. The molecule has 17 heavy (non-hydrogen) atoms. The number of carbonyl (C=O) groups excluding carboxylic acids is 1. The first-order valence-corrected chi connectivity index (χ1v) is 7.79. The molecule has 1 heterocycles. The molecule has 0 radical (unpaired) electrons. The van der Waals surface area contributed by atoms with E-state index in [0.29, 0.717) is 6.42 Å². The lowest BCUT2D eigenvalue weighted by atomic mass is 10.1. The molecular formula is C13H16BrNOS. The van der Waals surface area contributed by atoms with Gasteiger partial charge in [-0.3, -0.25) is 4.79 Å². The number of hydrogen-bond acceptors (Lipinski definition) is 3. The SMILES string of the molecule is O=C(CCN1CCSCC1)c1ccc(Br)cc1. The summed E-state index contributed by atoms with van der Waals surface area (Å²) in [6.07, 6.45) is 0.631. The highest BCUT2D eigenvalue weighted by molar-refractivity contribution is 9.10. The monoisotopic (exact) mass is 313 g/mol. The fourth-order valence-electron chi connectivity index (χ4n) is 1.86. The molecule has 0 aromatic heterocycles. The van der Waals surface area contributed by atoms with Crippen LogP contribution in [0.5, 0.6) is 0 Å². The van der Waals surface area contributed by atoms with Crippen LogP contribution in [0.4, 0.5) is 0 Å². The molecule has 4 heteroatoms. The van der Waals surface area contributed by atoms with E-state index in [4.69, 9.17) is 0 Å². The Hall–Kier alpha value is -0.320. The van der Waals surface area contributed by atoms with Gasteiger partial charge in [0.1, 0.15) is 0 Å². The van der Waals surface area contributed by atoms with Crippen LogP contribution in [0.3, 0.4) is 0 Å². The van der Waals surface area contributed by atoms with Gasteiger partial charge in [-0.15, -0.1) is 0 Å². The zero-order chi connectivity index (χ0) is 12.1. The minimum Gasteiger partial charge on any atom is -0.301 e. The summed E-state index contributed by atoms with van der Waals surface area (Å²) >= 11 is 5.37. The molecule has 0 bridgehead atoms. The fourth-order valence-corrected chi connectivity index (χ4v) is 3.11. The number of ketones is 1. The van der Waals surface area contributed by atoms with Crippen LogP contribution >= 0.6 is 27.7 Å². The first-order valence-electron chi connectivity index (χ1n) is 5.84. The molecule has 92 valence electrons. The van der Waals surface area contributed by atoms with E-state index in [2.05, 4.69) is 20.8 Å². The van der Waals surface area contributed by atoms with Crippen molar-refractivity contribution in [2.45, 2.75) is 6.42 Å². The van der Waals surface area contributed by atoms with Gasteiger partial charge in [0.25, 0.3) is 0 Å². The number of hydrogen-bond donors (Lipinski definition) is 0. The Labute approximate surface area is 115 Å². The summed E-state index contributed by atoms with van der Waals surface area (Å²) in [4.78, 5) is 14.3. The van der Waals surface area contributed by atoms with Crippen LogP contribution < -0.4 is 0 Å². The van der Waals surface area contributed by atoms with Gasteiger partial charge in [0.05, 0.1) is 0 Å². The Balaban J connectivity index is 1.82. The van der Waals surface area contributed by atoms with Crippen LogP contribution in [0.25, 0.3) is 0 Å². The van der Waals surface area contributed by atoms with Crippen LogP contribution in [0.15, 0.2) is 28.7 Å². The Morgan fingerprint density at radius 2 is 1.88 bits per heavy atom. The van der Waals surface area contributed by atoms with Gasteiger partial charge >= 0.3 is 0 Å². The van der Waals surface area contributed by atoms with Crippen molar-refractivity contribution in [2.75, 3.05) is 31.1 Å². The van der Waals surface area contributed by atoms with Crippen LogP contribution in [0, 0.1) is 0 Å².